The van der Waals surface area contributed by atoms with Crippen LogP contribution in [-0.2, 0) is 4.74 Å². The molecule has 106 valence electrons. The molecule has 0 saturated heterocycles. The Morgan fingerprint density at radius 1 is 1.42 bits per heavy atom. The van der Waals surface area contributed by atoms with Crippen molar-refractivity contribution in [1.82, 2.24) is 4.98 Å². The van der Waals surface area contributed by atoms with Gasteiger partial charge in [-0.3, -0.25) is 10.1 Å². The first-order chi connectivity index (χ1) is 8.73. The highest BCUT2D eigenvalue weighted by atomic mass is 16.6. The first-order valence-electron chi connectivity index (χ1n) is 6.20. The molecule has 0 bridgehead atoms. The third-order valence-electron chi connectivity index (χ3n) is 2.16. The Balaban J connectivity index is 3.00. The predicted molar refractivity (Wildman–Crippen MR) is 75.8 cm³/mol. The van der Waals surface area contributed by atoms with Crippen molar-refractivity contribution < 1.29 is 9.53 Å². The van der Waals surface area contributed by atoms with Crippen molar-refractivity contribution in [3.8, 4) is 0 Å². The molecule has 0 aromatic carbocycles. The van der Waals surface area contributed by atoms with Gasteiger partial charge in [-0.1, -0.05) is 0 Å². The van der Waals surface area contributed by atoms with Crippen molar-refractivity contribution >= 4 is 17.5 Å². The topological polar surface area (TPSA) is 83.2 Å². The maximum absolute atomic E-state index is 11.9. The van der Waals surface area contributed by atoms with Crippen LogP contribution in [0.4, 0.5) is 16.2 Å². The molecule has 0 aliphatic carbocycles. The van der Waals surface area contributed by atoms with E-state index >= 15 is 0 Å². The molecule has 0 fully saturated rings. The van der Waals surface area contributed by atoms with Crippen LogP contribution in [-0.4, -0.2) is 23.2 Å². The molecule has 0 aliphatic rings. The molecule has 19 heavy (non-hydrogen) atoms. The molecule has 3 N–H and O–H groups in total. The lowest BCUT2D eigenvalue weighted by Crippen LogP contribution is -2.30. The predicted octanol–water partition coefficient (Wildman–Crippen LogP) is 2.46. The number of carbonyl (C=O) groups excluding carboxylic acids is 1. The number of carbonyl (C=O) groups is 1. The largest absolute Gasteiger partial charge is 0.444 e. The molecular formula is C13H21N3O3. The zero-order chi connectivity index (χ0) is 14.6. The molecule has 0 unspecified atom stereocenters. The van der Waals surface area contributed by atoms with Gasteiger partial charge >= 0.3 is 6.09 Å². The minimum atomic E-state index is -0.652. The van der Waals surface area contributed by atoms with E-state index in [1.165, 1.54) is 0 Å². The van der Waals surface area contributed by atoms with E-state index in [4.69, 9.17) is 4.74 Å². The highest BCUT2D eigenvalue weighted by molar-refractivity contribution is 5.89. The van der Waals surface area contributed by atoms with Crippen LogP contribution in [0.1, 0.15) is 33.4 Å². The van der Waals surface area contributed by atoms with Crippen LogP contribution in [0.15, 0.2) is 10.9 Å². The Morgan fingerprint density at radius 2 is 2.05 bits per heavy atom. The number of nitrogens with one attached hydrogen (secondary N) is 3. The number of hydrogen-bond acceptors (Lipinski definition) is 4. The van der Waals surface area contributed by atoms with Gasteiger partial charge in [-0.05, 0) is 40.7 Å². The minimum absolute atomic E-state index is 0.168. The molecule has 6 heteroatoms. The maximum Gasteiger partial charge on any atom is 0.412 e. The zero-order valence-corrected chi connectivity index (χ0v) is 12.0. The minimum Gasteiger partial charge on any atom is -0.444 e. The van der Waals surface area contributed by atoms with Crippen LogP contribution in [0.5, 0.6) is 0 Å². The fourth-order valence-electron chi connectivity index (χ4n) is 1.55. The van der Waals surface area contributed by atoms with Crippen LogP contribution in [0.3, 0.4) is 0 Å². The van der Waals surface area contributed by atoms with Gasteiger partial charge in [0.05, 0.1) is 5.69 Å². The van der Waals surface area contributed by atoms with E-state index in [2.05, 4.69) is 15.6 Å². The first kappa shape index (κ1) is 15.1. The van der Waals surface area contributed by atoms with Crippen molar-refractivity contribution in [1.29, 1.82) is 0 Å². The molecule has 1 aromatic rings. The summed E-state index contributed by atoms with van der Waals surface area (Å²) in [5, 5.41) is 5.52. The molecule has 0 saturated carbocycles. The third-order valence-corrected chi connectivity index (χ3v) is 2.16. The number of ether oxygens (including phenoxy) is 1. The Hall–Kier alpha value is -1.98. The highest BCUT2D eigenvalue weighted by Crippen LogP contribution is 2.18. The molecule has 0 spiro atoms. The standard InChI is InChI=1S/C13H21N3O3/c1-6-14-9-7-8(2)15-11(17)10(9)16-12(18)19-13(3,4)5/h7H,6H2,1-5H3,(H,16,18)(H2,14,15,17). The van der Waals surface area contributed by atoms with E-state index in [9.17, 15) is 9.59 Å². The van der Waals surface area contributed by atoms with Crippen molar-refractivity contribution in [3.63, 3.8) is 0 Å². The number of aromatic nitrogens is 1. The van der Waals surface area contributed by atoms with Gasteiger partial charge in [0.15, 0.2) is 0 Å². The lowest BCUT2D eigenvalue weighted by atomic mass is 10.2. The van der Waals surface area contributed by atoms with Crippen molar-refractivity contribution in [2.45, 2.75) is 40.2 Å². The summed E-state index contributed by atoms with van der Waals surface area (Å²) in [6, 6.07) is 1.76. The van der Waals surface area contributed by atoms with Crippen molar-refractivity contribution in [3.05, 3.63) is 22.1 Å². The number of aryl methyl sites for hydroxylation is 1. The Morgan fingerprint density at radius 3 is 2.58 bits per heavy atom. The average Bonchev–Trinajstić information content (AvgIpc) is 2.21. The molecule has 1 rings (SSSR count). The number of pyridine rings is 1. The molecule has 1 amide bonds. The summed E-state index contributed by atoms with van der Waals surface area (Å²) in [5.74, 6) is 0. The first-order valence-corrected chi connectivity index (χ1v) is 6.20. The second-order valence-electron chi connectivity index (χ2n) is 5.23. The number of hydrogen-bond donors (Lipinski definition) is 3. The van der Waals surface area contributed by atoms with Crippen LogP contribution < -0.4 is 16.2 Å². The van der Waals surface area contributed by atoms with E-state index in [0.717, 1.165) is 5.69 Å². The van der Waals surface area contributed by atoms with Gasteiger partial charge in [-0.2, -0.15) is 0 Å². The van der Waals surface area contributed by atoms with Crippen molar-refractivity contribution in [2.75, 3.05) is 17.2 Å². The third kappa shape index (κ3) is 4.65. The van der Waals surface area contributed by atoms with Gasteiger partial charge < -0.3 is 15.0 Å². The number of rotatable bonds is 3. The van der Waals surface area contributed by atoms with Gasteiger partial charge in [0, 0.05) is 12.2 Å². The monoisotopic (exact) mass is 267 g/mol. The second-order valence-corrected chi connectivity index (χ2v) is 5.23. The van der Waals surface area contributed by atoms with Crippen molar-refractivity contribution in [2.24, 2.45) is 0 Å². The number of amides is 1. The molecular weight excluding hydrogens is 246 g/mol. The summed E-state index contributed by atoms with van der Waals surface area (Å²) in [6.45, 7) is 9.62. The molecule has 0 radical (unpaired) electrons. The van der Waals surface area contributed by atoms with Gasteiger partial charge in [0.2, 0.25) is 0 Å². The number of H-pyrrole nitrogens is 1. The quantitative estimate of drug-likeness (QED) is 0.785. The molecule has 6 nitrogen and oxygen atoms in total. The Labute approximate surface area is 112 Å². The summed E-state index contributed by atoms with van der Waals surface area (Å²) in [4.78, 5) is 26.2. The van der Waals surface area contributed by atoms with E-state index < -0.39 is 11.7 Å². The Kier molecular flexibility index (Phi) is 4.58. The van der Waals surface area contributed by atoms with E-state index in [0.29, 0.717) is 12.2 Å². The van der Waals surface area contributed by atoms with Crippen LogP contribution >= 0.6 is 0 Å². The summed E-state index contributed by atoms with van der Waals surface area (Å²) in [7, 11) is 0. The average molecular weight is 267 g/mol. The lowest BCUT2D eigenvalue weighted by molar-refractivity contribution is 0.0636. The normalized spacial score (nSPS) is 11.0. The summed E-state index contributed by atoms with van der Waals surface area (Å²) in [5.41, 5.74) is 0.494. The van der Waals surface area contributed by atoms with Gasteiger partial charge in [-0.25, -0.2) is 4.79 Å². The van der Waals surface area contributed by atoms with Crippen LogP contribution in [0, 0.1) is 6.92 Å². The summed E-state index contributed by atoms with van der Waals surface area (Å²) < 4.78 is 5.13. The maximum atomic E-state index is 11.9. The molecule has 1 heterocycles. The zero-order valence-electron chi connectivity index (χ0n) is 12.0. The fraction of sp³-hybridized carbons (Fsp3) is 0.538. The second kappa shape index (κ2) is 5.77. The Bertz CT molecular complexity index is 515. The van der Waals surface area contributed by atoms with E-state index in [-0.39, 0.29) is 11.2 Å². The molecule has 0 atom stereocenters. The SMILES string of the molecule is CCNc1cc(C)[nH]c(=O)c1NC(=O)OC(C)(C)C. The van der Waals surface area contributed by atoms with E-state index in [1.807, 2.05) is 6.92 Å². The van der Waals surface area contributed by atoms with Gasteiger partial charge in [0.1, 0.15) is 11.3 Å². The van der Waals surface area contributed by atoms with E-state index in [1.54, 1.807) is 33.8 Å². The highest BCUT2D eigenvalue weighted by Gasteiger charge is 2.18. The number of aromatic amines is 1. The molecule has 1 aromatic heterocycles. The summed E-state index contributed by atoms with van der Waals surface area (Å²) >= 11 is 0. The number of anilines is 2. The summed E-state index contributed by atoms with van der Waals surface area (Å²) in [6.07, 6.45) is -0.652. The van der Waals surface area contributed by atoms with Gasteiger partial charge in [-0.15, -0.1) is 0 Å². The van der Waals surface area contributed by atoms with Gasteiger partial charge in [0.25, 0.3) is 5.56 Å². The lowest BCUT2D eigenvalue weighted by Gasteiger charge is -2.20. The van der Waals surface area contributed by atoms with Crippen LogP contribution in [0.2, 0.25) is 0 Å². The molecule has 0 aliphatic heterocycles. The fourth-order valence-corrected chi connectivity index (χ4v) is 1.55. The van der Waals surface area contributed by atoms with Crippen LogP contribution in [0.25, 0.3) is 0 Å². The smallest absolute Gasteiger partial charge is 0.412 e.